The molecule has 1 aliphatic heterocycles. The average Bonchev–Trinajstić information content (AvgIpc) is 2.68. The molecule has 1 aromatic carbocycles. The van der Waals surface area contributed by atoms with E-state index in [1.54, 1.807) is 12.1 Å². The molecule has 90 valence electrons. The van der Waals surface area contributed by atoms with Gasteiger partial charge in [0, 0.05) is 6.42 Å². The van der Waals surface area contributed by atoms with Crippen LogP contribution >= 0.6 is 0 Å². The Kier molecular flexibility index (Phi) is 3.37. The molecular weight excluding hydrogens is 225 g/mol. The topological polar surface area (TPSA) is 55.4 Å². The highest BCUT2D eigenvalue weighted by molar-refractivity contribution is 5.86. The highest BCUT2D eigenvalue weighted by Crippen LogP contribution is 2.07. The Morgan fingerprint density at radius 3 is 2.71 bits per heavy atom. The molecule has 0 radical (unpaired) electrons. The third-order valence-electron chi connectivity index (χ3n) is 2.55. The van der Waals surface area contributed by atoms with Crippen LogP contribution in [-0.2, 0) is 20.7 Å². The van der Waals surface area contributed by atoms with Gasteiger partial charge in [-0.1, -0.05) is 12.1 Å². The van der Waals surface area contributed by atoms with Gasteiger partial charge in [-0.05, 0) is 17.7 Å². The Labute approximate surface area is 97.8 Å². The first-order chi connectivity index (χ1) is 8.15. The maximum absolute atomic E-state index is 12.6. The summed E-state index contributed by atoms with van der Waals surface area (Å²) in [6, 6.07) is 5.14. The van der Waals surface area contributed by atoms with Gasteiger partial charge in [-0.25, -0.2) is 9.18 Å². The first kappa shape index (κ1) is 11.6. The van der Waals surface area contributed by atoms with Gasteiger partial charge < -0.3 is 10.1 Å². The van der Waals surface area contributed by atoms with Crippen molar-refractivity contribution in [1.82, 2.24) is 5.32 Å². The molecule has 0 spiro atoms. The Hall–Kier alpha value is -1.91. The van der Waals surface area contributed by atoms with E-state index in [2.05, 4.69) is 5.32 Å². The Bertz CT molecular complexity index is 430. The molecule has 1 heterocycles. The molecule has 2 rings (SSSR count). The fourth-order valence-corrected chi connectivity index (χ4v) is 1.66. The number of hydrogen-bond acceptors (Lipinski definition) is 3. The number of nitrogens with one attached hydrogen (secondary N) is 1. The van der Waals surface area contributed by atoms with Crippen molar-refractivity contribution in [2.24, 2.45) is 0 Å². The zero-order valence-electron chi connectivity index (χ0n) is 9.11. The van der Waals surface area contributed by atoms with Gasteiger partial charge in [-0.15, -0.1) is 0 Å². The average molecular weight is 237 g/mol. The molecule has 1 aliphatic rings. The molecule has 0 unspecified atom stereocenters. The molecule has 1 atom stereocenters. The second-order valence-corrected chi connectivity index (χ2v) is 3.88. The summed E-state index contributed by atoms with van der Waals surface area (Å²) in [6.07, 6.45) is 0.637. The first-order valence-electron chi connectivity index (χ1n) is 5.35. The van der Waals surface area contributed by atoms with E-state index in [4.69, 9.17) is 4.74 Å². The van der Waals surface area contributed by atoms with Crippen molar-refractivity contribution in [3.63, 3.8) is 0 Å². The van der Waals surface area contributed by atoms with Crippen LogP contribution in [0.1, 0.15) is 12.0 Å². The fraction of sp³-hybridized carbons (Fsp3) is 0.333. The van der Waals surface area contributed by atoms with Crippen molar-refractivity contribution in [3.8, 4) is 0 Å². The fourth-order valence-electron chi connectivity index (χ4n) is 1.66. The predicted octanol–water partition coefficient (Wildman–Crippen LogP) is 0.800. The summed E-state index contributed by atoms with van der Waals surface area (Å²) < 4.78 is 17.4. The minimum Gasteiger partial charge on any atom is -0.464 e. The lowest BCUT2D eigenvalue weighted by atomic mass is 10.1. The van der Waals surface area contributed by atoms with E-state index in [-0.39, 0.29) is 18.1 Å². The van der Waals surface area contributed by atoms with Crippen LogP contribution in [0.2, 0.25) is 0 Å². The minimum atomic E-state index is -0.539. The van der Waals surface area contributed by atoms with Gasteiger partial charge in [0.25, 0.3) is 0 Å². The van der Waals surface area contributed by atoms with Gasteiger partial charge in [-0.3, -0.25) is 4.79 Å². The van der Waals surface area contributed by atoms with Gasteiger partial charge >= 0.3 is 5.97 Å². The Morgan fingerprint density at radius 2 is 2.12 bits per heavy atom. The van der Waals surface area contributed by atoms with E-state index < -0.39 is 12.0 Å². The third kappa shape index (κ3) is 3.03. The van der Waals surface area contributed by atoms with Crippen molar-refractivity contribution in [3.05, 3.63) is 35.6 Å². The molecule has 5 heteroatoms. The highest BCUT2D eigenvalue weighted by Gasteiger charge is 2.27. The van der Waals surface area contributed by atoms with E-state index in [1.165, 1.54) is 12.1 Å². The van der Waals surface area contributed by atoms with Crippen molar-refractivity contribution >= 4 is 11.9 Å². The predicted molar refractivity (Wildman–Crippen MR) is 57.6 cm³/mol. The summed E-state index contributed by atoms with van der Waals surface area (Å²) in [7, 11) is 0. The SMILES string of the molecule is O=C(Cc1ccc(F)cc1)N[C@H]1CCOC1=O. The molecule has 4 nitrogen and oxygen atoms in total. The van der Waals surface area contributed by atoms with Crippen molar-refractivity contribution in [1.29, 1.82) is 0 Å². The number of carbonyl (C=O) groups excluding carboxylic acids is 2. The molecule has 1 saturated heterocycles. The lowest BCUT2D eigenvalue weighted by Crippen LogP contribution is -2.38. The maximum atomic E-state index is 12.6. The van der Waals surface area contributed by atoms with Crippen molar-refractivity contribution in [2.75, 3.05) is 6.61 Å². The van der Waals surface area contributed by atoms with Gasteiger partial charge in [0.15, 0.2) is 0 Å². The number of amides is 1. The number of carbonyl (C=O) groups is 2. The number of cyclic esters (lactones) is 1. The van der Waals surface area contributed by atoms with E-state index in [0.717, 1.165) is 0 Å². The number of rotatable bonds is 3. The van der Waals surface area contributed by atoms with Crippen LogP contribution in [0.5, 0.6) is 0 Å². The van der Waals surface area contributed by atoms with Crippen LogP contribution < -0.4 is 5.32 Å². The van der Waals surface area contributed by atoms with Gasteiger partial charge in [0.1, 0.15) is 11.9 Å². The zero-order valence-corrected chi connectivity index (χ0v) is 9.11. The summed E-state index contributed by atoms with van der Waals surface area (Å²) in [5.41, 5.74) is 0.704. The molecular formula is C12H12FNO3. The monoisotopic (exact) mass is 237 g/mol. The summed E-state index contributed by atoms with van der Waals surface area (Å²) >= 11 is 0. The van der Waals surface area contributed by atoms with Crippen LogP contribution in [0.15, 0.2) is 24.3 Å². The molecule has 0 aromatic heterocycles. The lowest BCUT2D eigenvalue weighted by Gasteiger charge is -2.08. The molecule has 0 aliphatic carbocycles. The quantitative estimate of drug-likeness (QED) is 0.791. The van der Waals surface area contributed by atoms with Crippen LogP contribution in [0, 0.1) is 5.82 Å². The number of benzene rings is 1. The molecule has 0 bridgehead atoms. The Balaban J connectivity index is 1.88. The summed E-state index contributed by atoms with van der Waals surface area (Å²) in [5.74, 6) is -0.994. The van der Waals surface area contributed by atoms with Crippen LogP contribution in [0.3, 0.4) is 0 Å². The number of halogens is 1. The largest absolute Gasteiger partial charge is 0.464 e. The van der Waals surface area contributed by atoms with E-state index in [1.807, 2.05) is 0 Å². The van der Waals surface area contributed by atoms with Crippen LogP contribution in [0.4, 0.5) is 4.39 Å². The van der Waals surface area contributed by atoms with Crippen LogP contribution in [0.25, 0.3) is 0 Å². The van der Waals surface area contributed by atoms with Crippen LogP contribution in [-0.4, -0.2) is 24.5 Å². The standard InChI is InChI=1S/C12H12FNO3/c13-9-3-1-8(2-4-9)7-11(15)14-10-5-6-17-12(10)16/h1-4,10H,5-7H2,(H,14,15)/t10-/m0/s1. The lowest BCUT2D eigenvalue weighted by molar-refractivity contribution is -0.141. The molecule has 1 amide bonds. The molecule has 1 fully saturated rings. The molecule has 1 aromatic rings. The highest BCUT2D eigenvalue weighted by atomic mass is 19.1. The summed E-state index contributed by atoms with van der Waals surface area (Å²) in [5, 5.41) is 2.58. The van der Waals surface area contributed by atoms with Gasteiger partial charge in [0.2, 0.25) is 5.91 Å². The minimum absolute atomic E-state index is 0.129. The smallest absolute Gasteiger partial charge is 0.328 e. The zero-order chi connectivity index (χ0) is 12.3. The second-order valence-electron chi connectivity index (χ2n) is 3.88. The molecule has 0 saturated carbocycles. The summed E-state index contributed by atoms with van der Waals surface area (Å²) in [4.78, 5) is 22.7. The second kappa shape index (κ2) is 4.95. The van der Waals surface area contributed by atoms with Crippen molar-refractivity contribution < 1.29 is 18.7 Å². The Morgan fingerprint density at radius 1 is 1.41 bits per heavy atom. The molecule has 17 heavy (non-hydrogen) atoms. The van der Waals surface area contributed by atoms with E-state index in [0.29, 0.717) is 18.6 Å². The van der Waals surface area contributed by atoms with E-state index >= 15 is 0 Å². The third-order valence-corrected chi connectivity index (χ3v) is 2.55. The maximum Gasteiger partial charge on any atom is 0.328 e. The van der Waals surface area contributed by atoms with Crippen molar-refractivity contribution in [2.45, 2.75) is 18.9 Å². The normalized spacial score (nSPS) is 18.9. The summed E-state index contributed by atoms with van der Waals surface area (Å²) in [6.45, 7) is 0.348. The first-order valence-corrected chi connectivity index (χ1v) is 5.35. The number of esters is 1. The van der Waals surface area contributed by atoms with E-state index in [9.17, 15) is 14.0 Å². The van der Waals surface area contributed by atoms with Gasteiger partial charge in [-0.2, -0.15) is 0 Å². The van der Waals surface area contributed by atoms with Gasteiger partial charge in [0.05, 0.1) is 13.0 Å². The number of hydrogen-bond donors (Lipinski definition) is 1. The number of ether oxygens (including phenoxy) is 1. The molecule has 1 N–H and O–H groups in total.